The van der Waals surface area contributed by atoms with Gasteiger partial charge < -0.3 is 0 Å². The molecule has 0 bridgehead atoms. The van der Waals surface area contributed by atoms with Gasteiger partial charge in [-0.3, -0.25) is 0 Å². The van der Waals surface area contributed by atoms with Crippen molar-refractivity contribution in [2.45, 2.75) is 32.6 Å². The minimum atomic E-state index is 0.690. The van der Waals surface area contributed by atoms with E-state index in [2.05, 4.69) is 29.1 Å². The van der Waals surface area contributed by atoms with Crippen LogP contribution in [0.4, 0.5) is 0 Å². The van der Waals surface area contributed by atoms with E-state index in [1.165, 1.54) is 36.8 Å². The van der Waals surface area contributed by atoms with Crippen LogP contribution in [0.15, 0.2) is 0 Å². The largest absolute Gasteiger partial charge is 0.165 e. The molecule has 0 N–H and O–H groups in total. The molecule has 1 saturated carbocycles. The van der Waals surface area contributed by atoms with Gasteiger partial charge >= 0.3 is 0 Å². The van der Waals surface area contributed by atoms with Crippen LogP contribution in [-0.2, 0) is 0 Å². The summed E-state index contributed by atoms with van der Waals surface area (Å²) >= 11 is 5.63. The maximum atomic E-state index is 3.66. The van der Waals surface area contributed by atoms with Crippen molar-refractivity contribution in [1.82, 2.24) is 0 Å². The average Bonchev–Trinajstić information content (AvgIpc) is 2.01. The van der Waals surface area contributed by atoms with E-state index in [9.17, 15) is 0 Å². The molecule has 0 amide bonds. The molecule has 0 aromatic heterocycles. The lowest BCUT2D eigenvalue weighted by molar-refractivity contribution is 0.0840. The molecule has 72 valence electrons. The maximum Gasteiger partial charge on any atom is 0.00881 e. The molecule has 0 aromatic carbocycles. The molecule has 1 aliphatic rings. The molecule has 0 radical (unpaired) electrons. The van der Waals surface area contributed by atoms with Crippen LogP contribution < -0.4 is 0 Å². The van der Waals surface area contributed by atoms with Crippen molar-refractivity contribution in [1.29, 1.82) is 0 Å². The van der Waals surface area contributed by atoms with Gasteiger partial charge in [0.2, 0.25) is 0 Å². The topological polar surface area (TPSA) is 0 Å². The Morgan fingerprint density at radius 1 is 1.50 bits per heavy atom. The Morgan fingerprint density at radius 3 is 2.58 bits per heavy atom. The molecule has 0 aliphatic heterocycles. The summed E-state index contributed by atoms with van der Waals surface area (Å²) in [5, 5.41) is 1.22. The predicted molar refractivity (Wildman–Crippen MR) is 62.2 cm³/mol. The van der Waals surface area contributed by atoms with Crippen LogP contribution in [0.5, 0.6) is 0 Å². The highest BCUT2D eigenvalue weighted by Crippen LogP contribution is 2.49. The molecule has 12 heavy (non-hydrogen) atoms. The van der Waals surface area contributed by atoms with Gasteiger partial charge in [-0.25, -0.2) is 0 Å². The van der Waals surface area contributed by atoms with Gasteiger partial charge in [0.15, 0.2) is 0 Å². The third kappa shape index (κ3) is 2.66. The van der Waals surface area contributed by atoms with Crippen LogP contribution >= 0.6 is 27.7 Å². The Hall–Kier alpha value is 0.830. The van der Waals surface area contributed by atoms with Crippen molar-refractivity contribution in [2.75, 3.05) is 17.3 Å². The van der Waals surface area contributed by atoms with E-state index in [0.29, 0.717) is 5.41 Å². The summed E-state index contributed by atoms with van der Waals surface area (Å²) in [7, 11) is 0. The fourth-order valence-electron chi connectivity index (χ4n) is 2.39. The molecule has 2 heteroatoms. The summed E-state index contributed by atoms with van der Waals surface area (Å²) in [5.41, 5.74) is 0.690. The molecule has 0 nitrogen and oxygen atoms in total. The van der Waals surface area contributed by atoms with E-state index in [1.54, 1.807) is 0 Å². The lowest BCUT2D eigenvalue weighted by Crippen LogP contribution is -2.37. The Balaban J connectivity index is 2.18. The first kappa shape index (κ1) is 10.9. The van der Waals surface area contributed by atoms with Crippen LogP contribution in [0.1, 0.15) is 32.6 Å². The zero-order chi connectivity index (χ0) is 9.03. The number of rotatable bonds is 5. The highest BCUT2D eigenvalue weighted by molar-refractivity contribution is 9.09. The Labute approximate surface area is 89.0 Å². The third-order valence-corrected chi connectivity index (χ3v) is 4.79. The summed E-state index contributed by atoms with van der Waals surface area (Å²) in [6.07, 6.45) is 7.94. The molecule has 1 rings (SSSR count). The minimum absolute atomic E-state index is 0.690. The Bertz CT molecular complexity index is 130. The van der Waals surface area contributed by atoms with Crippen molar-refractivity contribution >= 4 is 27.7 Å². The number of hydrogen-bond acceptors (Lipinski definition) is 1. The summed E-state index contributed by atoms with van der Waals surface area (Å²) < 4.78 is 0. The van der Waals surface area contributed by atoms with Crippen LogP contribution in [0.3, 0.4) is 0 Å². The van der Waals surface area contributed by atoms with E-state index < -0.39 is 0 Å². The lowest BCUT2D eigenvalue weighted by Gasteiger charge is -2.46. The first-order valence-corrected chi connectivity index (χ1v) is 7.29. The maximum absolute atomic E-state index is 3.66. The zero-order valence-corrected chi connectivity index (χ0v) is 10.5. The van der Waals surface area contributed by atoms with Crippen molar-refractivity contribution in [3.8, 4) is 0 Å². The van der Waals surface area contributed by atoms with E-state index in [4.69, 9.17) is 0 Å². The molecule has 0 heterocycles. The van der Waals surface area contributed by atoms with Gasteiger partial charge in [-0.05, 0) is 49.0 Å². The standard InChI is InChI=1S/C10H19BrS/c1-9-6-10(7-9,8-11)4-3-5-12-2/h9H,3-8H2,1-2H3. The normalized spacial score (nSPS) is 34.8. The third-order valence-electron chi connectivity index (χ3n) is 2.90. The summed E-state index contributed by atoms with van der Waals surface area (Å²) in [6.45, 7) is 2.37. The van der Waals surface area contributed by atoms with Crippen molar-refractivity contribution in [3.05, 3.63) is 0 Å². The summed E-state index contributed by atoms with van der Waals surface area (Å²) in [4.78, 5) is 0. The van der Waals surface area contributed by atoms with Gasteiger partial charge in [0.05, 0.1) is 0 Å². The molecule has 1 fully saturated rings. The van der Waals surface area contributed by atoms with Gasteiger partial charge in [0.1, 0.15) is 0 Å². The van der Waals surface area contributed by atoms with Gasteiger partial charge in [-0.1, -0.05) is 22.9 Å². The van der Waals surface area contributed by atoms with E-state index in [0.717, 1.165) is 5.92 Å². The SMILES string of the molecule is CSCCCC1(CBr)CC(C)C1. The lowest BCUT2D eigenvalue weighted by atomic mass is 9.62. The first-order valence-electron chi connectivity index (χ1n) is 4.77. The number of thioether (sulfide) groups is 1. The van der Waals surface area contributed by atoms with Crippen LogP contribution in [0, 0.1) is 11.3 Å². The van der Waals surface area contributed by atoms with Gasteiger partial charge in [0, 0.05) is 5.33 Å². The van der Waals surface area contributed by atoms with Gasteiger partial charge in [-0.15, -0.1) is 0 Å². The summed E-state index contributed by atoms with van der Waals surface area (Å²) in [6, 6.07) is 0. The van der Waals surface area contributed by atoms with Crippen LogP contribution in [0.2, 0.25) is 0 Å². The van der Waals surface area contributed by atoms with Crippen molar-refractivity contribution < 1.29 is 0 Å². The predicted octanol–water partition coefficient (Wildman–Crippen LogP) is 3.94. The highest BCUT2D eigenvalue weighted by atomic mass is 79.9. The number of hydrogen-bond donors (Lipinski definition) is 0. The van der Waals surface area contributed by atoms with Gasteiger partial charge in [0.25, 0.3) is 0 Å². The van der Waals surface area contributed by atoms with E-state index >= 15 is 0 Å². The molecule has 0 aromatic rings. The average molecular weight is 251 g/mol. The molecule has 0 atom stereocenters. The second kappa shape index (κ2) is 4.90. The highest BCUT2D eigenvalue weighted by Gasteiger charge is 2.40. The Morgan fingerprint density at radius 2 is 2.17 bits per heavy atom. The second-order valence-electron chi connectivity index (χ2n) is 4.24. The minimum Gasteiger partial charge on any atom is -0.165 e. The molecule has 0 unspecified atom stereocenters. The van der Waals surface area contributed by atoms with Crippen molar-refractivity contribution in [2.24, 2.45) is 11.3 Å². The molecular weight excluding hydrogens is 232 g/mol. The van der Waals surface area contributed by atoms with E-state index in [-0.39, 0.29) is 0 Å². The fraction of sp³-hybridized carbons (Fsp3) is 1.00. The molecular formula is C10H19BrS. The number of halogens is 1. The van der Waals surface area contributed by atoms with Crippen LogP contribution in [0.25, 0.3) is 0 Å². The quantitative estimate of drug-likeness (QED) is 0.526. The Kier molecular flexibility index (Phi) is 4.45. The summed E-state index contributed by atoms with van der Waals surface area (Å²) in [5.74, 6) is 2.32. The molecule has 1 aliphatic carbocycles. The van der Waals surface area contributed by atoms with Gasteiger partial charge in [-0.2, -0.15) is 11.8 Å². The molecule has 0 spiro atoms. The first-order chi connectivity index (χ1) is 5.72. The fourth-order valence-corrected chi connectivity index (χ4v) is 3.56. The van der Waals surface area contributed by atoms with E-state index in [1.807, 2.05) is 11.8 Å². The molecule has 0 saturated heterocycles. The smallest absolute Gasteiger partial charge is 0.00881 e. The van der Waals surface area contributed by atoms with Crippen LogP contribution in [-0.4, -0.2) is 17.3 Å². The number of alkyl halides is 1. The zero-order valence-electron chi connectivity index (χ0n) is 8.11. The second-order valence-corrected chi connectivity index (χ2v) is 5.79. The van der Waals surface area contributed by atoms with Crippen molar-refractivity contribution in [3.63, 3.8) is 0 Å². The monoisotopic (exact) mass is 250 g/mol.